The highest BCUT2D eigenvalue weighted by Crippen LogP contribution is 2.32. The number of anilines is 1. The monoisotopic (exact) mass is 346 g/mol. The van der Waals surface area contributed by atoms with Gasteiger partial charge in [0.15, 0.2) is 5.82 Å². The van der Waals surface area contributed by atoms with Crippen LogP contribution in [0, 0.1) is 6.92 Å². The van der Waals surface area contributed by atoms with E-state index in [-0.39, 0.29) is 11.8 Å². The van der Waals surface area contributed by atoms with Crippen molar-refractivity contribution in [1.82, 2.24) is 14.8 Å². The smallest absolute Gasteiger partial charge is 0.258 e. The topological polar surface area (TPSA) is 51.0 Å². The van der Waals surface area contributed by atoms with Crippen molar-refractivity contribution in [3.8, 4) is 0 Å². The zero-order chi connectivity index (χ0) is 18.3. The first kappa shape index (κ1) is 16.5. The number of hydrogen-bond acceptors (Lipinski definition) is 3. The number of hydrogen-bond donors (Lipinski definition) is 0. The largest absolute Gasteiger partial charge is 0.304 e. The van der Waals surface area contributed by atoms with Crippen LogP contribution in [-0.2, 0) is 20.0 Å². The molecule has 26 heavy (non-hydrogen) atoms. The molecule has 1 atom stereocenters. The lowest BCUT2D eigenvalue weighted by atomic mass is 9.97. The molecule has 2 aromatic carbocycles. The van der Waals surface area contributed by atoms with Crippen molar-refractivity contribution in [2.75, 3.05) is 4.90 Å². The first-order valence-corrected chi connectivity index (χ1v) is 8.88. The van der Waals surface area contributed by atoms with Crippen LogP contribution in [0.25, 0.3) is 0 Å². The van der Waals surface area contributed by atoms with Gasteiger partial charge < -0.3 is 4.90 Å². The molecule has 0 aliphatic carbocycles. The number of rotatable bonds is 4. The van der Waals surface area contributed by atoms with E-state index in [9.17, 15) is 4.79 Å². The van der Waals surface area contributed by atoms with Gasteiger partial charge in [-0.3, -0.25) is 9.48 Å². The molecule has 5 heteroatoms. The summed E-state index contributed by atoms with van der Waals surface area (Å²) in [6.45, 7) is 4.87. The van der Waals surface area contributed by atoms with Crippen molar-refractivity contribution in [3.63, 3.8) is 0 Å². The van der Waals surface area contributed by atoms with E-state index < -0.39 is 0 Å². The number of carbonyl (C=O) groups is 1. The Hall–Kier alpha value is -2.95. The molecular weight excluding hydrogens is 324 g/mol. The highest BCUT2D eigenvalue weighted by atomic mass is 16.2. The second-order valence-electron chi connectivity index (χ2n) is 7.03. The maximum atomic E-state index is 12.8. The summed E-state index contributed by atoms with van der Waals surface area (Å²) in [4.78, 5) is 19.0. The molecule has 0 unspecified atom stereocenters. The predicted molar refractivity (Wildman–Crippen MR) is 101 cm³/mol. The van der Waals surface area contributed by atoms with Crippen LogP contribution >= 0.6 is 0 Å². The molecule has 0 fully saturated rings. The van der Waals surface area contributed by atoms with Gasteiger partial charge in [-0.2, -0.15) is 5.10 Å². The summed E-state index contributed by atoms with van der Waals surface area (Å²) in [5, 5.41) is 4.37. The van der Waals surface area contributed by atoms with Gasteiger partial charge in [-0.15, -0.1) is 0 Å². The molecule has 3 aromatic rings. The SMILES string of the molecule is Cc1cccc2c1CN(c1cccc([C@H](C)Cc3ncn(C)n3)c1)C2=O. The van der Waals surface area contributed by atoms with Crippen molar-refractivity contribution >= 4 is 11.6 Å². The Balaban J connectivity index is 1.58. The second-order valence-corrected chi connectivity index (χ2v) is 7.03. The molecule has 0 bridgehead atoms. The van der Waals surface area contributed by atoms with E-state index in [2.05, 4.69) is 42.1 Å². The number of amides is 1. The van der Waals surface area contributed by atoms with Gasteiger partial charge in [-0.1, -0.05) is 31.2 Å². The third-order valence-electron chi connectivity index (χ3n) is 5.09. The van der Waals surface area contributed by atoms with Crippen LogP contribution in [0.2, 0.25) is 0 Å². The minimum Gasteiger partial charge on any atom is -0.304 e. The Morgan fingerprint density at radius 3 is 2.73 bits per heavy atom. The van der Waals surface area contributed by atoms with Crippen LogP contribution in [0.3, 0.4) is 0 Å². The molecule has 0 N–H and O–H groups in total. The van der Waals surface area contributed by atoms with Crippen molar-refractivity contribution in [1.29, 1.82) is 0 Å². The van der Waals surface area contributed by atoms with Crippen molar-refractivity contribution in [2.45, 2.75) is 32.7 Å². The summed E-state index contributed by atoms with van der Waals surface area (Å²) in [7, 11) is 1.88. The molecule has 0 spiro atoms. The summed E-state index contributed by atoms with van der Waals surface area (Å²) in [5.41, 5.74) is 5.26. The van der Waals surface area contributed by atoms with Crippen LogP contribution in [-0.4, -0.2) is 20.7 Å². The molecule has 1 aliphatic heterocycles. The van der Waals surface area contributed by atoms with Gasteiger partial charge in [0, 0.05) is 24.7 Å². The lowest BCUT2D eigenvalue weighted by molar-refractivity contribution is 0.0996. The highest BCUT2D eigenvalue weighted by molar-refractivity contribution is 6.10. The lowest BCUT2D eigenvalue weighted by Crippen LogP contribution is -2.23. The van der Waals surface area contributed by atoms with E-state index in [1.54, 1.807) is 11.0 Å². The molecule has 0 radical (unpaired) electrons. The third kappa shape index (κ3) is 2.90. The van der Waals surface area contributed by atoms with Gasteiger partial charge in [0.2, 0.25) is 0 Å². The van der Waals surface area contributed by atoms with Crippen molar-refractivity contribution in [2.24, 2.45) is 7.05 Å². The Bertz CT molecular complexity index is 976. The first-order chi connectivity index (χ1) is 12.5. The summed E-state index contributed by atoms with van der Waals surface area (Å²) in [5.74, 6) is 1.20. The van der Waals surface area contributed by atoms with Crippen LogP contribution in [0.4, 0.5) is 5.69 Å². The van der Waals surface area contributed by atoms with Gasteiger partial charge in [0.1, 0.15) is 6.33 Å². The van der Waals surface area contributed by atoms with Crippen LogP contribution in [0.1, 0.15) is 45.7 Å². The van der Waals surface area contributed by atoms with E-state index in [1.807, 2.05) is 36.2 Å². The van der Waals surface area contributed by atoms with Crippen LogP contribution < -0.4 is 4.90 Å². The number of nitrogens with zero attached hydrogens (tertiary/aromatic N) is 4. The fourth-order valence-electron chi connectivity index (χ4n) is 3.56. The quantitative estimate of drug-likeness (QED) is 0.725. The number of carbonyl (C=O) groups excluding carboxylic acids is 1. The molecule has 0 saturated heterocycles. The van der Waals surface area contributed by atoms with Crippen LogP contribution in [0.15, 0.2) is 48.8 Å². The number of fused-ring (bicyclic) bond motifs is 1. The summed E-state index contributed by atoms with van der Waals surface area (Å²) >= 11 is 0. The summed E-state index contributed by atoms with van der Waals surface area (Å²) < 4.78 is 1.72. The number of aromatic nitrogens is 3. The van der Waals surface area contributed by atoms with Gasteiger partial charge in [0.05, 0.1) is 6.54 Å². The van der Waals surface area contributed by atoms with Gasteiger partial charge in [0.25, 0.3) is 5.91 Å². The number of benzene rings is 2. The molecule has 4 rings (SSSR count). The molecule has 1 aromatic heterocycles. The standard InChI is InChI=1S/C21H22N4O/c1-14-6-4-9-18-19(14)12-25(21(18)26)17-8-5-7-16(11-17)15(2)10-20-22-13-24(3)23-20/h4-9,11,13,15H,10,12H2,1-3H3/t15-/m1/s1. The number of aryl methyl sites for hydroxylation is 2. The molecule has 1 amide bonds. The van der Waals surface area contributed by atoms with Crippen LogP contribution in [0.5, 0.6) is 0 Å². The van der Waals surface area contributed by atoms with Crippen molar-refractivity contribution < 1.29 is 4.79 Å². The maximum Gasteiger partial charge on any atom is 0.258 e. The molecule has 0 saturated carbocycles. The van der Waals surface area contributed by atoms with Gasteiger partial charge in [-0.05, 0) is 47.7 Å². The van der Waals surface area contributed by atoms with E-state index in [4.69, 9.17) is 0 Å². The Morgan fingerprint density at radius 2 is 2.00 bits per heavy atom. The molecule has 132 valence electrons. The van der Waals surface area contributed by atoms with E-state index in [0.29, 0.717) is 6.54 Å². The fraction of sp³-hybridized carbons (Fsp3) is 0.286. The van der Waals surface area contributed by atoms with E-state index in [1.165, 1.54) is 11.1 Å². The normalized spacial score (nSPS) is 14.6. The Morgan fingerprint density at radius 1 is 1.19 bits per heavy atom. The first-order valence-electron chi connectivity index (χ1n) is 8.88. The second kappa shape index (κ2) is 6.41. The van der Waals surface area contributed by atoms with Gasteiger partial charge >= 0.3 is 0 Å². The molecule has 1 aliphatic rings. The molecule has 5 nitrogen and oxygen atoms in total. The zero-order valence-electron chi connectivity index (χ0n) is 15.3. The lowest BCUT2D eigenvalue weighted by Gasteiger charge is -2.18. The Kier molecular flexibility index (Phi) is 4.07. The van der Waals surface area contributed by atoms with E-state index in [0.717, 1.165) is 29.1 Å². The predicted octanol–water partition coefficient (Wildman–Crippen LogP) is 3.63. The maximum absolute atomic E-state index is 12.8. The highest BCUT2D eigenvalue weighted by Gasteiger charge is 2.29. The average molecular weight is 346 g/mol. The van der Waals surface area contributed by atoms with E-state index >= 15 is 0 Å². The molecular formula is C21H22N4O. The molecule has 2 heterocycles. The minimum absolute atomic E-state index is 0.0832. The minimum atomic E-state index is 0.0832. The summed E-state index contributed by atoms with van der Waals surface area (Å²) in [6.07, 6.45) is 2.50. The fourth-order valence-corrected chi connectivity index (χ4v) is 3.56. The Labute approximate surface area is 153 Å². The van der Waals surface area contributed by atoms with Gasteiger partial charge in [-0.25, -0.2) is 4.98 Å². The van der Waals surface area contributed by atoms with Crippen molar-refractivity contribution in [3.05, 3.63) is 76.9 Å². The summed E-state index contributed by atoms with van der Waals surface area (Å²) in [6, 6.07) is 14.2. The third-order valence-corrected chi connectivity index (χ3v) is 5.09. The average Bonchev–Trinajstić information content (AvgIpc) is 3.19. The zero-order valence-corrected chi connectivity index (χ0v) is 15.3.